The molecule has 1 aliphatic carbocycles. The Hall–Kier alpha value is -1.06. The molecule has 2 aliphatic rings. The predicted molar refractivity (Wildman–Crippen MR) is 71.0 cm³/mol. The molecule has 1 N–H and O–H groups in total. The lowest BCUT2D eigenvalue weighted by Crippen LogP contribution is -2.28. The van der Waals surface area contributed by atoms with Gasteiger partial charge in [-0.1, -0.05) is 12.1 Å². The number of ether oxygens (including phenoxy) is 2. The van der Waals surface area contributed by atoms with Crippen molar-refractivity contribution in [3.05, 3.63) is 29.3 Å². The number of hydrogen-bond acceptors (Lipinski definition) is 3. The molecule has 18 heavy (non-hydrogen) atoms. The van der Waals surface area contributed by atoms with Gasteiger partial charge in [0.2, 0.25) is 0 Å². The van der Waals surface area contributed by atoms with Crippen molar-refractivity contribution in [1.29, 1.82) is 0 Å². The van der Waals surface area contributed by atoms with Crippen molar-refractivity contribution in [2.75, 3.05) is 20.3 Å². The fourth-order valence-corrected chi connectivity index (χ4v) is 3.01. The van der Waals surface area contributed by atoms with Crippen LogP contribution in [0.2, 0.25) is 0 Å². The van der Waals surface area contributed by atoms with Crippen LogP contribution in [0.3, 0.4) is 0 Å². The normalized spacial score (nSPS) is 26.9. The highest BCUT2D eigenvalue weighted by Crippen LogP contribution is 2.37. The van der Waals surface area contributed by atoms with Crippen LogP contribution in [-0.2, 0) is 11.2 Å². The molecular formula is C15H21NO2. The van der Waals surface area contributed by atoms with Gasteiger partial charge in [0, 0.05) is 12.6 Å². The van der Waals surface area contributed by atoms with E-state index >= 15 is 0 Å². The van der Waals surface area contributed by atoms with Crippen LogP contribution in [0, 0.1) is 0 Å². The number of rotatable bonds is 3. The second kappa shape index (κ2) is 5.29. The Balaban J connectivity index is 1.78. The first-order chi connectivity index (χ1) is 8.88. The summed E-state index contributed by atoms with van der Waals surface area (Å²) in [6, 6.07) is 6.92. The standard InChI is InChI=1S/C15H21NO2/c1-16-14-8-7-13-12(14)5-2-6-15(13)18-11-4-3-9-17-10-11/h2,5-6,11,14,16H,3-4,7-10H2,1H3. The van der Waals surface area contributed by atoms with Crippen molar-refractivity contribution in [1.82, 2.24) is 5.32 Å². The molecule has 2 atom stereocenters. The molecular weight excluding hydrogens is 226 g/mol. The Kier molecular flexibility index (Phi) is 3.52. The average Bonchev–Trinajstić information content (AvgIpc) is 2.84. The lowest BCUT2D eigenvalue weighted by atomic mass is 10.1. The highest BCUT2D eigenvalue weighted by molar-refractivity contribution is 5.45. The van der Waals surface area contributed by atoms with Crippen LogP contribution in [0.1, 0.15) is 36.4 Å². The van der Waals surface area contributed by atoms with E-state index < -0.39 is 0 Å². The molecule has 0 radical (unpaired) electrons. The predicted octanol–water partition coefficient (Wildman–Crippen LogP) is 2.45. The minimum Gasteiger partial charge on any atom is -0.488 e. The zero-order valence-corrected chi connectivity index (χ0v) is 10.9. The SMILES string of the molecule is CNC1CCc2c(OC3CCCOC3)cccc21. The molecule has 2 unspecified atom stereocenters. The number of fused-ring (bicyclic) bond motifs is 1. The van der Waals surface area contributed by atoms with E-state index in [0.717, 1.165) is 38.2 Å². The van der Waals surface area contributed by atoms with Gasteiger partial charge in [-0.3, -0.25) is 0 Å². The Bertz CT molecular complexity index is 413. The van der Waals surface area contributed by atoms with Crippen LogP contribution in [0.25, 0.3) is 0 Å². The van der Waals surface area contributed by atoms with Gasteiger partial charge >= 0.3 is 0 Å². The van der Waals surface area contributed by atoms with E-state index in [1.165, 1.54) is 17.5 Å². The first-order valence-corrected chi connectivity index (χ1v) is 6.92. The molecule has 3 rings (SSSR count). The van der Waals surface area contributed by atoms with Gasteiger partial charge < -0.3 is 14.8 Å². The van der Waals surface area contributed by atoms with Crippen molar-refractivity contribution >= 4 is 0 Å². The molecule has 1 heterocycles. The number of hydrogen-bond donors (Lipinski definition) is 1. The highest BCUT2D eigenvalue weighted by atomic mass is 16.5. The molecule has 1 saturated heterocycles. The van der Waals surface area contributed by atoms with Crippen molar-refractivity contribution in [2.45, 2.75) is 37.8 Å². The average molecular weight is 247 g/mol. The van der Waals surface area contributed by atoms with Gasteiger partial charge in [0.15, 0.2) is 0 Å². The number of benzene rings is 1. The van der Waals surface area contributed by atoms with Crippen LogP contribution in [-0.4, -0.2) is 26.4 Å². The van der Waals surface area contributed by atoms with E-state index in [1.54, 1.807) is 0 Å². The molecule has 1 aromatic carbocycles. The maximum absolute atomic E-state index is 6.14. The molecule has 0 aromatic heterocycles. The van der Waals surface area contributed by atoms with Gasteiger partial charge in [0.25, 0.3) is 0 Å². The summed E-state index contributed by atoms with van der Waals surface area (Å²) in [7, 11) is 2.03. The summed E-state index contributed by atoms with van der Waals surface area (Å²) in [5.74, 6) is 1.07. The van der Waals surface area contributed by atoms with E-state index in [0.29, 0.717) is 6.04 Å². The molecule has 98 valence electrons. The first kappa shape index (κ1) is 12.0. The van der Waals surface area contributed by atoms with E-state index in [-0.39, 0.29) is 6.10 Å². The van der Waals surface area contributed by atoms with Crippen molar-refractivity contribution in [2.24, 2.45) is 0 Å². The minimum atomic E-state index is 0.235. The van der Waals surface area contributed by atoms with Crippen molar-refractivity contribution < 1.29 is 9.47 Å². The van der Waals surface area contributed by atoms with Crippen LogP contribution in [0.4, 0.5) is 0 Å². The van der Waals surface area contributed by atoms with Gasteiger partial charge in [-0.25, -0.2) is 0 Å². The second-order valence-corrected chi connectivity index (χ2v) is 5.16. The Morgan fingerprint density at radius 1 is 1.33 bits per heavy atom. The topological polar surface area (TPSA) is 30.5 Å². The third-order valence-electron chi connectivity index (χ3n) is 3.99. The van der Waals surface area contributed by atoms with Crippen LogP contribution in [0.15, 0.2) is 18.2 Å². The second-order valence-electron chi connectivity index (χ2n) is 5.16. The van der Waals surface area contributed by atoms with Crippen LogP contribution < -0.4 is 10.1 Å². The molecule has 1 aromatic rings. The molecule has 0 saturated carbocycles. The summed E-state index contributed by atoms with van der Waals surface area (Å²) in [5.41, 5.74) is 2.80. The maximum atomic E-state index is 6.14. The zero-order chi connectivity index (χ0) is 12.4. The summed E-state index contributed by atoms with van der Waals surface area (Å²) < 4.78 is 11.6. The van der Waals surface area contributed by atoms with Crippen molar-refractivity contribution in [3.8, 4) is 5.75 Å². The third-order valence-corrected chi connectivity index (χ3v) is 3.99. The monoisotopic (exact) mass is 247 g/mol. The molecule has 1 fully saturated rings. The van der Waals surface area contributed by atoms with Gasteiger partial charge in [-0.2, -0.15) is 0 Å². The Morgan fingerprint density at radius 3 is 3.06 bits per heavy atom. The summed E-state index contributed by atoms with van der Waals surface area (Å²) in [4.78, 5) is 0. The maximum Gasteiger partial charge on any atom is 0.123 e. The molecule has 0 spiro atoms. The van der Waals surface area contributed by atoms with E-state index in [2.05, 4.69) is 23.5 Å². The Morgan fingerprint density at radius 2 is 2.28 bits per heavy atom. The first-order valence-electron chi connectivity index (χ1n) is 6.92. The van der Waals surface area contributed by atoms with Gasteiger partial charge in [0.05, 0.1) is 6.61 Å². The lowest BCUT2D eigenvalue weighted by molar-refractivity contribution is 0.00707. The quantitative estimate of drug-likeness (QED) is 0.890. The van der Waals surface area contributed by atoms with Gasteiger partial charge in [0.1, 0.15) is 11.9 Å². The molecule has 3 nitrogen and oxygen atoms in total. The smallest absolute Gasteiger partial charge is 0.123 e. The Labute approximate surface area is 108 Å². The lowest BCUT2D eigenvalue weighted by Gasteiger charge is -2.24. The van der Waals surface area contributed by atoms with Crippen LogP contribution in [0.5, 0.6) is 5.75 Å². The van der Waals surface area contributed by atoms with E-state index in [4.69, 9.17) is 9.47 Å². The fourth-order valence-electron chi connectivity index (χ4n) is 3.01. The van der Waals surface area contributed by atoms with E-state index in [1.807, 2.05) is 7.05 Å². The molecule has 1 aliphatic heterocycles. The van der Waals surface area contributed by atoms with Gasteiger partial charge in [-0.15, -0.1) is 0 Å². The van der Waals surface area contributed by atoms with Crippen LogP contribution >= 0.6 is 0 Å². The van der Waals surface area contributed by atoms with Gasteiger partial charge in [-0.05, 0) is 49.9 Å². The summed E-state index contributed by atoms with van der Waals surface area (Å²) in [5, 5.41) is 3.37. The highest BCUT2D eigenvalue weighted by Gasteiger charge is 2.25. The fraction of sp³-hybridized carbons (Fsp3) is 0.600. The van der Waals surface area contributed by atoms with Crippen molar-refractivity contribution in [3.63, 3.8) is 0 Å². The summed E-state index contributed by atoms with van der Waals surface area (Å²) in [6.45, 7) is 1.62. The third kappa shape index (κ3) is 2.25. The zero-order valence-electron chi connectivity index (χ0n) is 10.9. The largest absolute Gasteiger partial charge is 0.488 e. The van der Waals surface area contributed by atoms with E-state index in [9.17, 15) is 0 Å². The summed E-state index contributed by atoms with van der Waals surface area (Å²) >= 11 is 0. The molecule has 3 heteroatoms. The number of nitrogens with one attached hydrogen (secondary N) is 1. The molecule has 0 amide bonds. The summed E-state index contributed by atoms with van der Waals surface area (Å²) in [6.07, 6.45) is 4.74. The minimum absolute atomic E-state index is 0.235. The molecule has 0 bridgehead atoms.